The lowest BCUT2D eigenvalue weighted by Gasteiger charge is -2.22. The molecule has 0 rings (SSSR count). The van der Waals surface area contributed by atoms with Gasteiger partial charge in [-0.05, 0) is 5.92 Å². The van der Waals surface area contributed by atoms with Crippen LogP contribution in [0.3, 0.4) is 0 Å². The van der Waals surface area contributed by atoms with Crippen molar-refractivity contribution in [3.05, 3.63) is 0 Å². The van der Waals surface area contributed by atoms with Gasteiger partial charge in [-0.15, -0.1) is 0 Å². The maximum atomic E-state index is 11.1. The number of nitrogens with one attached hydrogen (secondary N) is 1. The molecule has 1 atom stereocenters. The summed E-state index contributed by atoms with van der Waals surface area (Å²) < 4.78 is 0. The third-order valence-corrected chi connectivity index (χ3v) is 2.42. The number of hydrogen-bond donors (Lipinski definition) is 2. The summed E-state index contributed by atoms with van der Waals surface area (Å²) in [7, 11) is 0. The van der Waals surface area contributed by atoms with Crippen molar-refractivity contribution in [2.45, 2.75) is 46.1 Å². The van der Waals surface area contributed by atoms with Gasteiger partial charge in [-0.25, -0.2) is 4.79 Å². The Balaban J connectivity index is 4.42. The van der Waals surface area contributed by atoms with Crippen molar-refractivity contribution in [1.82, 2.24) is 5.32 Å². The molecule has 1 amide bonds. The normalized spacial score (nSPS) is 12.6. The number of carbonyl (C=O) groups is 2. The summed E-state index contributed by atoms with van der Waals surface area (Å²) in [6.45, 7) is 5.57. The Labute approximate surface area is 84.7 Å². The Kier molecular flexibility index (Phi) is 5.92. The highest BCUT2D eigenvalue weighted by Gasteiger charge is 2.26. The third-order valence-electron chi connectivity index (χ3n) is 2.42. The number of hydrogen-bond acceptors (Lipinski definition) is 2. The molecule has 14 heavy (non-hydrogen) atoms. The van der Waals surface area contributed by atoms with Gasteiger partial charge in [0.05, 0.1) is 0 Å². The fraction of sp³-hybridized carbons (Fsp3) is 0.800. The van der Waals surface area contributed by atoms with Gasteiger partial charge in [0.25, 0.3) is 0 Å². The van der Waals surface area contributed by atoms with Crippen LogP contribution in [0.5, 0.6) is 0 Å². The summed E-state index contributed by atoms with van der Waals surface area (Å²) in [6.07, 6.45) is 1.85. The van der Waals surface area contributed by atoms with Crippen LogP contribution >= 0.6 is 0 Å². The monoisotopic (exact) mass is 201 g/mol. The number of aliphatic carboxylic acids is 1. The molecule has 0 aliphatic rings. The van der Waals surface area contributed by atoms with E-state index in [9.17, 15) is 9.59 Å². The number of carbonyl (C=O) groups excluding carboxylic acids is 1. The summed E-state index contributed by atoms with van der Waals surface area (Å²) in [6, 6.07) is -0.738. The molecule has 0 bridgehead atoms. The summed E-state index contributed by atoms with van der Waals surface area (Å²) in [4.78, 5) is 22.0. The molecule has 0 fully saturated rings. The van der Waals surface area contributed by atoms with Crippen LogP contribution in [0.4, 0.5) is 0 Å². The predicted molar refractivity (Wildman–Crippen MR) is 53.9 cm³/mol. The first-order chi connectivity index (χ1) is 6.56. The van der Waals surface area contributed by atoms with Gasteiger partial charge >= 0.3 is 5.97 Å². The Hall–Kier alpha value is -1.06. The topological polar surface area (TPSA) is 66.4 Å². The molecular formula is C10H19NO3. The van der Waals surface area contributed by atoms with E-state index >= 15 is 0 Å². The van der Waals surface area contributed by atoms with Crippen LogP contribution in [0.25, 0.3) is 0 Å². The number of rotatable bonds is 6. The van der Waals surface area contributed by atoms with Crippen LogP contribution in [0.15, 0.2) is 0 Å². The largest absolute Gasteiger partial charge is 0.480 e. The van der Waals surface area contributed by atoms with Crippen LogP contribution in [-0.4, -0.2) is 23.0 Å². The van der Waals surface area contributed by atoms with Gasteiger partial charge < -0.3 is 10.4 Å². The maximum Gasteiger partial charge on any atom is 0.326 e. The second-order valence-corrected chi connectivity index (χ2v) is 3.31. The number of carboxylic acids is 1. The van der Waals surface area contributed by atoms with Crippen molar-refractivity contribution in [2.24, 2.45) is 5.92 Å². The van der Waals surface area contributed by atoms with E-state index in [4.69, 9.17) is 5.11 Å². The molecule has 4 heteroatoms. The molecule has 0 aliphatic heterocycles. The first-order valence-electron chi connectivity index (χ1n) is 5.08. The van der Waals surface area contributed by atoms with Gasteiger partial charge in [-0.1, -0.05) is 33.6 Å². The highest BCUT2D eigenvalue weighted by Crippen LogP contribution is 2.13. The summed E-state index contributed by atoms with van der Waals surface area (Å²) in [5.74, 6) is -1.13. The molecule has 4 nitrogen and oxygen atoms in total. The van der Waals surface area contributed by atoms with Gasteiger partial charge in [-0.2, -0.15) is 0 Å². The molecular weight excluding hydrogens is 182 g/mol. The highest BCUT2D eigenvalue weighted by atomic mass is 16.4. The summed E-state index contributed by atoms with van der Waals surface area (Å²) >= 11 is 0. The van der Waals surface area contributed by atoms with Gasteiger partial charge in [-0.3, -0.25) is 4.79 Å². The van der Waals surface area contributed by atoms with Gasteiger partial charge in [0.1, 0.15) is 6.04 Å². The molecule has 0 aromatic carbocycles. The molecule has 0 aromatic rings. The van der Waals surface area contributed by atoms with Gasteiger partial charge in [0.2, 0.25) is 5.91 Å². The zero-order valence-electron chi connectivity index (χ0n) is 9.04. The average Bonchev–Trinajstić information content (AvgIpc) is 2.17. The van der Waals surface area contributed by atoms with E-state index in [1.807, 2.05) is 13.8 Å². The van der Waals surface area contributed by atoms with Crippen LogP contribution in [0.2, 0.25) is 0 Å². The van der Waals surface area contributed by atoms with Crippen LogP contribution in [0, 0.1) is 5.92 Å². The zero-order chi connectivity index (χ0) is 11.1. The van der Waals surface area contributed by atoms with Crippen LogP contribution < -0.4 is 5.32 Å². The second-order valence-electron chi connectivity index (χ2n) is 3.31. The fourth-order valence-electron chi connectivity index (χ4n) is 1.42. The number of carboxylic acid groups (broad SMARTS) is 1. The van der Waals surface area contributed by atoms with Crippen molar-refractivity contribution in [3.63, 3.8) is 0 Å². The quantitative estimate of drug-likeness (QED) is 0.682. The Morgan fingerprint density at radius 3 is 2.00 bits per heavy atom. The van der Waals surface area contributed by atoms with Crippen LogP contribution in [0.1, 0.15) is 40.0 Å². The SMILES string of the molecule is CCC(=O)NC(C(=O)O)C(CC)CC. The van der Waals surface area contributed by atoms with E-state index in [1.165, 1.54) is 0 Å². The van der Waals surface area contributed by atoms with E-state index in [0.29, 0.717) is 6.42 Å². The standard InChI is InChI=1S/C10H19NO3/c1-4-7(5-2)9(10(13)14)11-8(12)6-3/h7,9H,4-6H2,1-3H3,(H,11,12)(H,13,14). The lowest BCUT2D eigenvalue weighted by Crippen LogP contribution is -2.45. The first kappa shape index (κ1) is 12.9. The molecule has 0 aromatic heterocycles. The Bertz CT molecular complexity index is 200. The van der Waals surface area contributed by atoms with Crippen molar-refractivity contribution >= 4 is 11.9 Å². The average molecular weight is 201 g/mol. The molecule has 0 saturated carbocycles. The van der Waals surface area contributed by atoms with E-state index in [0.717, 1.165) is 12.8 Å². The van der Waals surface area contributed by atoms with Crippen molar-refractivity contribution < 1.29 is 14.7 Å². The minimum Gasteiger partial charge on any atom is -0.480 e. The molecule has 0 radical (unpaired) electrons. The fourth-order valence-corrected chi connectivity index (χ4v) is 1.42. The zero-order valence-corrected chi connectivity index (χ0v) is 9.04. The molecule has 1 unspecified atom stereocenters. The first-order valence-corrected chi connectivity index (χ1v) is 5.08. The molecule has 82 valence electrons. The third kappa shape index (κ3) is 3.77. The van der Waals surface area contributed by atoms with E-state index in [1.54, 1.807) is 6.92 Å². The van der Waals surface area contributed by atoms with E-state index in [2.05, 4.69) is 5.32 Å². The predicted octanol–water partition coefficient (Wildman–Crippen LogP) is 1.40. The second kappa shape index (κ2) is 6.40. The molecule has 0 saturated heterocycles. The van der Waals surface area contributed by atoms with E-state index in [-0.39, 0.29) is 11.8 Å². The Morgan fingerprint density at radius 2 is 1.71 bits per heavy atom. The molecule has 0 aliphatic carbocycles. The smallest absolute Gasteiger partial charge is 0.326 e. The minimum absolute atomic E-state index is 0.0167. The lowest BCUT2D eigenvalue weighted by molar-refractivity contribution is -0.143. The molecule has 2 N–H and O–H groups in total. The number of amides is 1. The van der Waals surface area contributed by atoms with Crippen molar-refractivity contribution in [1.29, 1.82) is 0 Å². The van der Waals surface area contributed by atoms with Crippen molar-refractivity contribution in [2.75, 3.05) is 0 Å². The van der Waals surface area contributed by atoms with Gasteiger partial charge in [0, 0.05) is 6.42 Å². The minimum atomic E-state index is -0.944. The molecule has 0 spiro atoms. The Morgan fingerprint density at radius 1 is 1.21 bits per heavy atom. The van der Waals surface area contributed by atoms with Crippen LogP contribution in [-0.2, 0) is 9.59 Å². The van der Waals surface area contributed by atoms with Gasteiger partial charge in [0.15, 0.2) is 0 Å². The summed E-state index contributed by atoms with van der Waals surface area (Å²) in [5.41, 5.74) is 0. The maximum absolute atomic E-state index is 11.1. The molecule has 0 heterocycles. The van der Waals surface area contributed by atoms with E-state index < -0.39 is 12.0 Å². The van der Waals surface area contributed by atoms with Crippen molar-refractivity contribution in [3.8, 4) is 0 Å². The highest BCUT2D eigenvalue weighted by molar-refractivity contribution is 5.83. The summed E-state index contributed by atoms with van der Waals surface area (Å²) in [5, 5.41) is 11.5. The lowest BCUT2D eigenvalue weighted by atomic mass is 9.94.